The van der Waals surface area contributed by atoms with Crippen LogP contribution in [0.15, 0.2) is 23.6 Å². The van der Waals surface area contributed by atoms with Crippen molar-refractivity contribution in [3.8, 4) is 17.0 Å². The quantitative estimate of drug-likeness (QED) is 0.752. The second-order valence-corrected chi connectivity index (χ2v) is 7.61. The summed E-state index contributed by atoms with van der Waals surface area (Å²) in [7, 11) is 0. The van der Waals surface area contributed by atoms with Gasteiger partial charge in [-0.05, 0) is 32.4 Å². The molecular weight excluding hydrogens is 393 g/mol. The third kappa shape index (κ3) is 4.24. The molecule has 152 valence electrons. The van der Waals surface area contributed by atoms with Gasteiger partial charge in [-0.3, -0.25) is 4.79 Å². The lowest BCUT2D eigenvalue weighted by molar-refractivity contribution is -0.199. The molecule has 28 heavy (non-hydrogen) atoms. The molecule has 1 aliphatic heterocycles. The van der Waals surface area contributed by atoms with E-state index in [4.69, 9.17) is 4.74 Å². The molecule has 0 radical (unpaired) electrons. The van der Waals surface area contributed by atoms with Crippen LogP contribution in [0.1, 0.15) is 18.9 Å². The van der Waals surface area contributed by atoms with Crippen molar-refractivity contribution in [2.24, 2.45) is 11.8 Å². The maximum Gasteiger partial charge on any atom is 0.394 e. The van der Waals surface area contributed by atoms with Gasteiger partial charge in [0, 0.05) is 24.0 Å². The van der Waals surface area contributed by atoms with Gasteiger partial charge in [-0.15, -0.1) is 11.3 Å². The predicted molar refractivity (Wildman–Crippen MR) is 100 cm³/mol. The van der Waals surface area contributed by atoms with Gasteiger partial charge in [0.15, 0.2) is 5.13 Å². The molecule has 2 unspecified atom stereocenters. The Morgan fingerprint density at radius 2 is 2.18 bits per heavy atom. The molecule has 0 saturated carbocycles. The maximum absolute atomic E-state index is 13.6. The Bertz CT molecular complexity index is 853. The highest BCUT2D eigenvalue weighted by Crippen LogP contribution is 2.41. The molecule has 1 aliphatic rings. The molecule has 2 aromatic rings. The number of thiazole rings is 1. The number of aryl methyl sites for hydroxylation is 1. The Morgan fingerprint density at radius 3 is 2.86 bits per heavy atom. The van der Waals surface area contributed by atoms with Crippen LogP contribution in [-0.4, -0.2) is 41.9 Å². The first kappa shape index (κ1) is 20.4. The Labute approximate surface area is 164 Å². The minimum absolute atomic E-state index is 0.0492. The lowest BCUT2D eigenvalue weighted by atomic mass is 9.85. The van der Waals surface area contributed by atoms with E-state index in [1.54, 1.807) is 35.4 Å². The third-order valence-corrected chi connectivity index (χ3v) is 5.71. The third-order valence-electron chi connectivity index (χ3n) is 4.81. The van der Waals surface area contributed by atoms with Crippen molar-refractivity contribution < 1.29 is 27.8 Å². The largest absolute Gasteiger partial charge is 0.507 e. The van der Waals surface area contributed by atoms with Gasteiger partial charge in [-0.2, -0.15) is 13.2 Å². The molecule has 2 heterocycles. The Kier molecular flexibility index (Phi) is 5.83. The van der Waals surface area contributed by atoms with Gasteiger partial charge in [-0.25, -0.2) is 4.98 Å². The molecule has 1 N–H and O–H groups in total. The summed E-state index contributed by atoms with van der Waals surface area (Å²) < 4.78 is 45.5. The Morgan fingerprint density at radius 1 is 1.43 bits per heavy atom. The molecule has 0 aliphatic carbocycles. The van der Waals surface area contributed by atoms with E-state index in [2.05, 4.69) is 4.98 Å². The number of carbonyl (C=O) groups excluding carboxylic acids is 1. The van der Waals surface area contributed by atoms with Crippen LogP contribution in [0.3, 0.4) is 0 Å². The second-order valence-electron chi connectivity index (χ2n) is 6.78. The number of piperidine rings is 1. The molecule has 1 aromatic carbocycles. The zero-order valence-corrected chi connectivity index (χ0v) is 16.3. The monoisotopic (exact) mass is 414 g/mol. The van der Waals surface area contributed by atoms with Crippen LogP contribution >= 0.6 is 11.3 Å². The van der Waals surface area contributed by atoms with Crippen molar-refractivity contribution in [2.45, 2.75) is 26.4 Å². The summed E-state index contributed by atoms with van der Waals surface area (Å²) in [5.74, 6) is -3.73. The van der Waals surface area contributed by atoms with Gasteiger partial charge in [0.2, 0.25) is 0 Å². The number of esters is 1. The van der Waals surface area contributed by atoms with Crippen LogP contribution in [0.5, 0.6) is 5.75 Å². The van der Waals surface area contributed by atoms with Gasteiger partial charge in [0.05, 0.1) is 24.1 Å². The summed E-state index contributed by atoms with van der Waals surface area (Å²) in [6.45, 7) is 3.44. The first-order valence-electron chi connectivity index (χ1n) is 8.94. The fourth-order valence-corrected chi connectivity index (χ4v) is 4.24. The normalized spacial score (nSPS) is 20.2. The van der Waals surface area contributed by atoms with Crippen molar-refractivity contribution in [1.82, 2.24) is 4.98 Å². The van der Waals surface area contributed by atoms with Crippen LogP contribution in [0.2, 0.25) is 0 Å². The number of halogens is 3. The zero-order valence-electron chi connectivity index (χ0n) is 15.5. The summed E-state index contributed by atoms with van der Waals surface area (Å²) in [6.07, 6.45) is -4.46. The number of hydrogen-bond donors (Lipinski definition) is 1. The topological polar surface area (TPSA) is 62.7 Å². The SMILES string of the molecule is CCOC(=O)C1CCN(c2nc(-c3cc(C)ccc3O)cs2)CC1C(F)(F)F. The summed E-state index contributed by atoms with van der Waals surface area (Å²) in [5.41, 5.74) is 1.99. The predicted octanol–water partition coefficient (Wildman–Crippen LogP) is 4.39. The number of aromatic hydroxyl groups is 1. The number of rotatable bonds is 4. The van der Waals surface area contributed by atoms with Crippen molar-refractivity contribution >= 4 is 22.4 Å². The number of hydrogen-bond acceptors (Lipinski definition) is 6. The van der Waals surface area contributed by atoms with E-state index >= 15 is 0 Å². The summed E-state index contributed by atoms with van der Waals surface area (Å²) >= 11 is 1.22. The number of aromatic nitrogens is 1. The van der Waals surface area contributed by atoms with Gasteiger partial charge in [-0.1, -0.05) is 11.6 Å². The minimum Gasteiger partial charge on any atom is -0.507 e. The van der Waals surface area contributed by atoms with Crippen molar-refractivity contribution in [3.05, 3.63) is 29.1 Å². The Balaban J connectivity index is 1.83. The number of carbonyl (C=O) groups is 1. The van der Waals surface area contributed by atoms with E-state index < -0.39 is 24.0 Å². The molecule has 1 fully saturated rings. The molecule has 0 bridgehead atoms. The molecule has 3 rings (SSSR count). The number of phenolic OH excluding ortho intramolecular Hbond substituents is 1. The lowest BCUT2D eigenvalue weighted by Gasteiger charge is -2.38. The van der Waals surface area contributed by atoms with Crippen molar-refractivity contribution in [2.75, 3.05) is 24.6 Å². The van der Waals surface area contributed by atoms with E-state index in [9.17, 15) is 23.1 Å². The van der Waals surface area contributed by atoms with Gasteiger partial charge in [0.1, 0.15) is 5.75 Å². The molecule has 5 nitrogen and oxygen atoms in total. The van der Waals surface area contributed by atoms with E-state index in [1.807, 2.05) is 6.92 Å². The fraction of sp³-hybridized carbons (Fsp3) is 0.474. The highest BCUT2D eigenvalue weighted by molar-refractivity contribution is 7.14. The van der Waals surface area contributed by atoms with E-state index in [0.29, 0.717) is 16.4 Å². The molecule has 2 atom stereocenters. The number of alkyl halides is 3. The lowest BCUT2D eigenvalue weighted by Crippen LogP contribution is -2.49. The molecule has 9 heteroatoms. The average molecular weight is 414 g/mol. The first-order chi connectivity index (χ1) is 13.2. The van der Waals surface area contributed by atoms with E-state index in [-0.39, 0.29) is 31.9 Å². The molecule has 1 saturated heterocycles. The number of anilines is 1. The Hall–Kier alpha value is -2.29. The van der Waals surface area contributed by atoms with Gasteiger partial charge >= 0.3 is 12.1 Å². The average Bonchev–Trinajstić information content (AvgIpc) is 3.12. The molecule has 0 spiro atoms. The van der Waals surface area contributed by atoms with Crippen LogP contribution in [0.4, 0.5) is 18.3 Å². The highest BCUT2D eigenvalue weighted by Gasteiger charge is 2.51. The maximum atomic E-state index is 13.6. The smallest absolute Gasteiger partial charge is 0.394 e. The first-order valence-corrected chi connectivity index (χ1v) is 9.82. The summed E-state index contributed by atoms with van der Waals surface area (Å²) in [5, 5.41) is 12.2. The molecule has 0 amide bonds. The summed E-state index contributed by atoms with van der Waals surface area (Å²) in [6, 6.07) is 5.11. The number of ether oxygens (including phenoxy) is 1. The molecular formula is C19H21F3N2O3S. The van der Waals surface area contributed by atoms with E-state index in [1.165, 1.54) is 11.3 Å². The van der Waals surface area contributed by atoms with Crippen LogP contribution in [0, 0.1) is 18.8 Å². The second kappa shape index (κ2) is 7.98. The fourth-order valence-electron chi connectivity index (χ4n) is 3.38. The van der Waals surface area contributed by atoms with Crippen molar-refractivity contribution in [3.63, 3.8) is 0 Å². The van der Waals surface area contributed by atoms with Gasteiger partial charge in [0.25, 0.3) is 0 Å². The van der Waals surface area contributed by atoms with Gasteiger partial charge < -0.3 is 14.7 Å². The molecule has 1 aromatic heterocycles. The van der Waals surface area contributed by atoms with Crippen molar-refractivity contribution in [1.29, 1.82) is 0 Å². The van der Waals surface area contributed by atoms with Crippen LogP contribution in [-0.2, 0) is 9.53 Å². The summed E-state index contributed by atoms with van der Waals surface area (Å²) in [4.78, 5) is 18.0. The highest BCUT2D eigenvalue weighted by atomic mass is 32.1. The minimum atomic E-state index is -4.51. The number of benzene rings is 1. The number of phenols is 1. The standard InChI is InChI=1S/C19H21F3N2O3S/c1-3-27-17(26)12-6-7-24(9-14(12)19(20,21)22)18-23-15(10-28-18)13-8-11(2)4-5-16(13)25/h4-5,8,10,12,14,25H,3,6-7,9H2,1-2H3. The van der Waals surface area contributed by atoms with Crippen LogP contribution < -0.4 is 4.90 Å². The zero-order chi connectivity index (χ0) is 20.5. The number of nitrogens with zero attached hydrogens (tertiary/aromatic N) is 2. The van der Waals surface area contributed by atoms with Crippen LogP contribution in [0.25, 0.3) is 11.3 Å². The van der Waals surface area contributed by atoms with E-state index in [0.717, 1.165) is 5.56 Å².